The van der Waals surface area contributed by atoms with Gasteiger partial charge in [-0.2, -0.15) is 0 Å². The van der Waals surface area contributed by atoms with E-state index in [-0.39, 0.29) is 12.4 Å². The predicted molar refractivity (Wildman–Crippen MR) is 130 cm³/mol. The number of ether oxygens (including phenoxy) is 1. The first-order valence-electron chi connectivity index (χ1n) is 10.9. The van der Waals surface area contributed by atoms with E-state index in [2.05, 4.69) is 23.6 Å². The van der Waals surface area contributed by atoms with Crippen molar-refractivity contribution in [2.45, 2.75) is 52.0 Å². The minimum absolute atomic E-state index is 0.0681. The molecule has 8 heteroatoms. The number of rotatable bonds is 5. The van der Waals surface area contributed by atoms with Crippen molar-refractivity contribution in [3.8, 4) is 5.75 Å². The zero-order chi connectivity index (χ0) is 25.3. The quantitative estimate of drug-likeness (QED) is 0.394. The van der Waals surface area contributed by atoms with Gasteiger partial charge >= 0.3 is 6.36 Å². The summed E-state index contributed by atoms with van der Waals surface area (Å²) >= 11 is 1.49. The highest BCUT2D eigenvalue weighted by molar-refractivity contribution is 7.99. The van der Waals surface area contributed by atoms with E-state index >= 15 is 0 Å². The lowest BCUT2D eigenvalue weighted by molar-refractivity contribution is -0.274. The topological polar surface area (TPSA) is 49.8 Å². The van der Waals surface area contributed by atoms with Crippen LogP contribution in [0.3, 0.4) is 0 Å². The Balaban J connectivity index is 0.000000462. The van der Waals surface area contributed by atoms with Crippen molar-refractivity contribution in [1.29, 1.82) is 0 Å². The molecule has 4 nitrogen and oxygen atoms in total. The van der Waals surface area contributed by atoms with Crippen LogP contribution in [0.15, 0.2) is 53.4 Å². The van der Waals surface area contributed by atoms with Gasteiger partial charge in [0.2, 0.25) is 0 Å². The fraction of sp³-hybridized carbons (Fsp3) is 0.480. The standard InChI is InChI=1S/C9H10O2S.C8H7F3O.C6H13N.C2H6/c10-5-6-12-9-3-1-8(7-11)2-4-9;1-6-2-4-7(5-3-6)12-8(9,10)11;1-6-3-4-7(2)5-6;1-2/h1-5,11H,6-7H2;2-5H,1H3;6H,3-5H2,1-2H3;1-2H3. The van der Waals surface area contributed by atoms with Gasteiger partial charge in [-0.3, -0.25) is 0 Å². The third-order valence-corrected chi connectivity index (χ3v) is 5.21. The Morgan fingerprint density at radius 1 is 1.12 bits per heavy atom. The minimum Gasteiger partial charge on any atom is -0.406 e. The third-order valence-electron chi connectivity index (χ3n) is 4.31. The van der Waals surface area contributed by atoms with E-state index in [9.17, 15) is 18.0 Å². The zero-order valence-corrected chi connectivity index (χ0v) is 20.9. The third kappa shape index (κ3) is 16.3. The monoisotopic (exact) mass is 487 g/mol. The summed E-state index contributed by atoms with van der Waals surface area (Å²) in [6.07, 6.45) is -2.32. The fourth-order valence-electron chi connectivity index (χ4n) is 2.72. The molecule has 2 aromatic carbocycles. The van der Waals surface area contributed by atoms with E-state index in [4.69, 9.17) is 5.11 Å². The summed E-state index contributed by atoms with van der Waals surface area (Å²) < 4.78 is 38.5. The van der Waals surface area contributed by atoms with Crippen LogP contribution < -0.4 is 4.74 Å². The van der Waals surface area contributed by atoms with Gasteiger partial charge in [-0.15, -0.1) is 24.9 Å². The molecule has 0 saturated carbocycles. The maximum atomic E-state index is 11.6. The van der Waals surface area contributed by atoms with E-state index in [0.717, 1.165) is 28.2 Å². The van der Waals surface area contributed by atoms with E-state index < -0.39 is 6.36 Å². The second kappa shape index (κ2) is 17.4. The molecular formula is C25H36F3NO3S. The lowest BCUT2D eigenvalue weighted by Crippen LogP contribution is -2.16. The molecule has 1 aliphatic heterocycles. The molecule has 33 heavy (non-hydrogen) atoms. The van der Waals surface area contributed by atoms with Crippen molar-refractivity contribution in [3.63, 3.8) is 0 Å². The fourth-order valence-corrected chi connectivity index (χ4v) is 3.31. The van der Waals surface area contributed by atoms with Crippen LogP contribution in [-0.4, -0.2) is 48.5 Å². The lowest BCUT2D eigenvalue weighted by Gasteiger charge is -2.08. The number of carbonyl (C=O) groups excluding carboxylic acids is 1. The molecule has 0 radical (unpaired) electrons. The molecule has 1 heterocycles. The van der Waals surface area contributed by atoms with Crippen LogP contribution in [0.4, 0.5) is 13.2 Å². The largest absolute Gasteiger partial charge is 0.573 e. The number of halogens is 3. The maximum Gasteiger partial charge on any atom is 0.573 e. The zero-order valence-electron chi connectivity index (χ0n) is 20.1. The number of aryl methyl sites for hydroxylation is 1. The van der Waals surface area contributed by atoms with Crippen molar-refractivity contribution < 1.29 is 27.8 Å². The highest BCUT2D eigenvalue weighted by atomic mass is 32.2. The number of aldehydes is 1. The van der Waals surface area contributed by atoms with Crippen LogP contribution >= 0.6 is 11.8 Å². The van der Waals surface area contributed by atoms with Gasteiger partial charge < -0.3 is 19.5 Å². The first-order chi connectivity index (χ1) is 15.6. The number of alkyl halides is 3. The minimum atomic E-state index is -4.60. The predicted octanol–water partition coefficient (Wildman–Crippen LogP) is 6.35. The Hall–Kier alpha value is -2.03. The molecule has 1 aliphatic rings. The Kier molecular flexibility index (Phi) is 16.4. The second-order valence-corrected chi connectivity index (χ2v) is 8.39. The highest BCUT2D eigenvalue weighted by Crippen LogP contribution is 2.22. The number of carbonyl (C=O) groups is 1. The first kappa shape index (κ1) is 31.0. The van der Waals surface area contributed by atoms with Gasteiger partial charge in [-0.1, -0.05) is 50.6 Å². The van der Waals surface area contributed by atoms with Crippen molar-refractivity contribution >= 4 is 18.0 Å². The molecule has 1 atom stereocenters. The maximum absolute atomic E-state index is 11.6. The van der Waals surface area contributed by atoms with Crippen LogP contribution in [-0.2, 0) is 11.4 Å². The van der Waals surface area contributed by atoms with E-state index in [1.165, 1.54) is 43.4 Å². The van der Waals surface area contributed by atoms with Crippen LogP contribution in [0.25, 0.3) is 0 Å². The normalized spacial score (nSPS) is 15.1. The number of likely N-dealkylation sites (tertiary alicyclic amines) is 1. The van der Waals surface area contributed by atoms with Crippen molar-refractivity contribution in [2.75, 3.05) is 25.9 Å². The van der Waals surface area contributed by atoms with Gasteiger partial charge in [0.25, 0.3) is 0 Å². The summed E-state index contributed by atoms with van der Waals surface area (Å²) in [6.45, 7) is 10.8. The smallest absolute Gasteiger partial charge is 0.406 e. The molecular weight excluding hydrogens is 451 g/mol. The van der Waals surface area contributed by atoms with Gasteiger partial charge in [-0.05, 0) is 62.7 Å². The Morgan fingerprint density at radius 3 is 2.06 bits per heavy atom. The molecule has 2 aromatic rings. The van der Waals surface area contributed by atoms with Gasteiger partial charge in [0.1, 0.15) is 12.0 Å². The molecule has 0 bridgehead atoms. The Bertz CT molecular complexity index is 745. The summed E-state index contributed by atoms with van der Waals surface area (Å²) in [4.78, 5) is 13.5. The molecule has 1 fully saturated rings. The van der Waals surface area contributed by atoms with Crippen molar-refractivity contribution in [3.05, 3.63) is 59.7 Å². The summed E-state index contributed by atoms with van der Waals surface area (Å²) in [5.41, 5.74) is 1.79. The number of nitrogens with zero attached hydrogens (tertiary/aromatic N) is 1. The number of benzene rings is 2. The molecule has 0 aromatic heterocycles. The number of hydrogen-bond acceptors (Lipinski definition) is 5. The van der Waals surface area contributed by atoms with Gasteiger partial charge in [0.15, 0.2) is 0 Å². The number of aliphatic hydroxyl groups excluding tert-OH is 1. The van der Waals surface area contributed by atoms with Gasteiger partial charge in [0, 0.05) is 11.4 Å². The van der Waals surface area contributed by atoms with E-state index in [1.54, 1.807) is 19.1 Å². The number of hydrogen-bond donors (Lipinski definition) is 1. The Morgan fingerprint density at radius 2 is 1.70 bits per heavy atom. The van der Waals surface area contributed by atoms with Gasteiger partial charge in [0.05, 0.1) is 12.4 Å². The number of thioether (sulfide) groups is 1. The average molecular weight is 488 g/mol. The van der Waals surface area contributed by atoms with Crippen molar-refractivity contribution in [1.82, 2.24) is 4.90 Å². The summed E-state index contributed by atoms with van der Waals surface area (Å²) in [6, 6.07) is 13.2. The molecule has 186 valence electrons. The molecule has 0 aliphatic carbocycles. The van der Waals surface area contributed by atoms with Crippen LogP contribution in [0.5, 0.6) is 5.75 Å². The Labute approximate surface area is 200 Å². The van der Waals surface area contributed by atoms with Crippen LogP contribution in [0.1, 0.15) is 38.3 Å². The second-order valence-electron chi connectivity index (χ2n) is 7.30. The SMILES string of the molecule is CC.CC1CCN(C)C1.Cc1ccc(OC(F)(F)F)cc1.O=CCSc1ccc(CO)cc1. The summed E-state index contributed by atoms with van der Waals surface area (Å²) in [5.74, 6) is 1.25. The molecule has 0 amide bonds. The molecule has 1 saturated heterocycles. The van der Waals surface area contributed by atoms with E-state index in [1.807, 2.05) is 38.1 Å². The lowest BCUT2D eigenvalue weighted by atomic mass is 10.2. The molecule has 1 N–H and O–H groups in total. The van der Waals surface area contributed by atoms with Crippen LogP contribution in [0, 0.1) is 12.8 Å². The van der Waals surface area contributed by atoms with Gasteiger partial charge in [-0.25, -0.2) is 0 Å². The van der Waals surface area contributed by atoms with Crippen LogP contribution in [0.2, 0.25) is 0 Å². The van der Waals surface area contributed by atoms with Crippen molar-refractivity contribution in [2.24, 2.45) is 5.92 Å². The summed E-state index contributed by atoms with van der Waals surface area (Å²) in [7, 11) is 2.18. The first-order valence-corrected chi connectivity index (χ1v) is 11.9. The van der Waals surface area contributed by atoms with E-state index in [0.29, 0.717) is 5.75 Å². The molecule has 0 spiro atoms. The average Bonchev–Trinajstić information content (AvgIpc) is 3.18. The molecule has 3 rings (SSSR count). The highest BCUT2D eigenvalue weighted by Gasteiger charge is 2.30. The summed E-state index contributed by atoms with van der Waals surface area (Å²) in [5, 5.41) is 8.74. The molecule has 1 unspecified atom stereocenters. The number of aliphatic hydroxyl groups is 1.